The van der Waals surface area contributed by atoms with Crippen LogP contribution in [0.2, 0.25) is 0 Å². The third kappa shape index (κ3) is 2.92. The van der Waals surface area contributed by atoms with E-state index in [9.17, 15) is 9.90 Å². The fraction of sp³-hybridized carbons (Fsp3) is 0.269. The molecule has 1 saturated heterocycles. The second kappa shape index (κ2) is 7.13. The van der Waals surface area contributed by atoms with E-state index in [4.69, 9.17) is 9.47 Å². The molecule has 1 N–H and O–H groups in total. The molecule has 5 heteroatoms. The molecule has 3 aromatic rings. The predicted molar refractivity (Wildman–Crippen MR) is 115 cm³/mol. The van der Waals surface area contributed by atoms with E-state index < -0.39 is 6.10 Å². The number of fused-ring (bicyclic) bond motifs is 3. The van der Waals surface area contributed by atoms with Gasteiger partial charge in [-0.15, -0.1) is 0 Å². The van der Waals surface area contributed by atoms with Gasteiger partial charge >= 0.3 is 0 Å². The van der Waals surface area contributed by atoms with E-state index in [1.54, 1.807) is 0 Å². The van der Waals surface area contributed by atoms with Crippen molar-refractivity contribution in [2.24, 2.45) is 11.8 Å². The molecule has 31 heavy (non-hydrogen) atoms. The van der Waals surface area contributed by atoms with E-state index in [1.807, 2.05) is 65.6 Å². The molecule has 3 aliphatic rings. The number of aliphatic hydroxyl groups is 1. The lowest BCUT2D eigenvalue weighted by molar-refractivity contribution is -0.132. The topological polar surface area (TPSA) is 59.0 Å². The van der Waals surface area contributed by atoms with Crippen LogP contribution in [0.15, 0.2) is 72.8 Å². The number of ether oxygens (including phenoxy) is 2. The first-order chi connectivity index (χ1) is 15.2. The van der Waals surface area contributed by atoms with Crippen LogP contribution in [0.25, 0.3) is 0 Å². The second-order valence-corrected chi connectivity index (χ2v) is 8.56. The number of carbonyl (C=O) groups is 1. The third-order valence-corrected chi connectivity index (χ3v) is 6.86. The maximum Gasteiger partial charge on any atom is 0.231 e. The minimum atomic E-state index is -0.723. The molecule has 0 aromatic heterocycles. The monoisotopic (exact) mass is 413 g/mol. The van der Waals surface area contributed by atoms with E-state index in [1.165, 1.54) is 0 Å². The van der Waals surface area contributed by atoms with Gasteiger partial charge in [0, 0.05) is 24.9 Å². The Morgan fingerprint density at radius 1 is 0.903 bits per heavy atom. The van der Waals surface area contributed by atoms with Gasteiger partial charge < -0.3 is 19.5 Å². The molecular formula is C26H23NO4. The number of aliphatic hydroxyl groups excluding tert-OH is 1. The van der Waals surface area contributed by atoms with Crippen molar-refractivity contribution in [1.29, 1.82) is 0 Å². The highest BCUT2D eigenvalue weighted by molar-refractivity contribution is 5.84. The Kier molecular flexibility index (Phi) is 4.25. The Morgan fingerprint density at radius 2 is 1.55 bits per heavy atom. The average molecular weight is 413 g/mol. The number of amides is 1. The zero-order chi connectivity index (χ0) is 20.9. The Balaban J connectivity index is 1.45. The summed E-state index contributed by atoms with van der Waals surface area (Å²) in [5, 5.41) is 11.4. The lowest BCUT2D eigenvalue weighted by Gasteiger charge is -2.37. The Labute approximate surface area is 180 Å². The summed E-state index contributed by atoms with van der Waals surface area (Å²) in [5.41, 5.74) is 3.98. The summed E-state index contributed by atoms with van der Waals surface area (Å²) in [6, 6.07) is 24.0. The van der Waals surface area contributed by atoms with Gasteiger partial charge in [-0.1, -0.05) is 60.7 Å². The summed E-state index contributed by atoms with van der Waals surface area (Å²) in [4.78, 5) is 15.6. The molecule has 1 aliphatic carbocycles. The number of likely N-dealkylation sites (tertiary alicyclic amines) is 1. The van der Waals surface area contributed by atoms with Gasteiger partial charge in [0.15, 0.2) is 11.5 Å². The minimum Gasteiger partial charge on any atom is -0.454 e. The molecule has 2 heterocycles. The lowest BCUT2D eigenvalue weighted by Crippen LogP contribution is -2.35. The van der Waals surface area contributed by atoms with Crippen LogP contribution >= 0.6 is 0 Å². The largest absolute Gasteiger partial charge is 0.454 e. The van der Waals surface area contributed by atoms with E-state index in [2.05, 4.69) is 12.1 Å². The number of rotatable bonds is 3. The van der Waals surface area contributed by atoms with Crippen molar-refractivity contribution >= 4 is 5.91 Å². The lowest BCUT2D eigenvalue weighted by atomic mass is 9.66. The van der Waals surface area contributed by atoms with Crippen LogP contribution in [0.5, 0.6) is 11.5 Å². The Morgan fingerprint density at radius 3 is 2.26 bits per heavy atom. The van der Waals surface area contributed by atoms with Crippen molar-refractivity contribution in [3.63, 3.8) is 0 Å². The molecule has 3 aromatic carbocycles. The van der Waals surface area contributed by atoms with E-state index in [0.717, 1.165) is 22.3 Å². The Hall–Kier alpha value is -3.31. The summed E-state index contributed by atoms with van der Waals surface area (Å²) in [7, 11) is 0. The summed E-state index contributed by atoms with van der Waals surface area (Å²) < 4.78 is 11.2. The van der Waals surface area contributed by atoms with Gasteiger partial charge in [-0.2, -0.15) is 0 Å². The standard InChI is InChI=1S/C26H23NO4/c28-25-19-12-22-21(30-15-31-22)11-18(19)23(17-9-5-2-6-10-17)24-20(25)14-27(26(24)29)13-16-7-3-1-4-8-16/h1-12,20,23-25,28H,13-15H2/t20-,23-,24+,25+/m1/s1. The zero-order valence-corrected chi connectivity index (χ0v) is 17.0. The summed E-state index contributed by atoms with van der Waals surface area (Å²) in [6.07, 6.45) is -0.723. The number of hydrogen-bond donors (Lipinski definition) is 1. The number of hydrogen-bond acceptors (Lipinski definition) is 4. The van der Waals surface area contributed by atoms with Crippen LogP contribution in [-0.2, 0) is 11.3 Å². The predicted octanol–water partition coefficient (Wildman–Crippen LogP) is 3.87. The highest BCUT2D eigenvalue weighted by Gasteiger charge is 2.53. The fourth-order valence-electron chi connectivity index (χ4n) is 5.45. The molecule has 4 atom stereocenters. The summed E-state index contributed by atoms with van der Waals surface area (Å²) >= 11 is 0. The van der Waals surface area contributed by atoms with E-state index in [-0.39, 0.29) is 30.5 Å². The highest BCUT2D eigenvalue weighted by atomic mass is 16.7. The smallest absolute Gasteiger partial charge is 0.231 e. The molecule has 0 radical (unpaired) electrons. The van der Waals surface area contributed by atoms with Crippen molar-refractivity contribution in [1.82, 2.24) is 4.90 Å². The SMILES string of the molecule is O=C1[C@@H]2[C@H](c3ccccc3)c3cc4c(cc3[C@H](O)[C@@H]2CN1Cc1ccccc1)OCO4. The van der Waals surface area contributed by atoms with Gasteiger partial charge in [0.05, 0.1) is 12.0 Å². The molecule has 0 saturated carbocycles. The second-order valence-electron chi connectivity index (χ2n) is 8.56. The van der Waals surface area contributed by atoms with Crippen molar-refractivity contribution in [3.8, 4) is 11.5 Å². The van der Waals surface area contributed by atoms with Crippen molar-refractivity contribution in [3.05, 3.63) is 95.1 Å². The molecule has 0 bridgehead atoms. The zero-order valence-electron chi connectivity index (χ0n) is 17.0. The van der Waals surface area contributed by atoms with E-state index >= 15 is 0 Å². The van der Waals surface area contributed by atoms with Gasteiger partial charge in [-0.3, -0.25) is 4.79 Å². The first kappa shape index (κ1) is 18.5. The van der Waals surface area contributed by atoms with Gasteiger partial charge in [0.2, 0.25) is 12.7 Å². The molecular weight excluding hydrogens is 390 g/mol. The van der Waals surface area contributed by atoms with Crippen LogP contribution in [0.1, 0.15) is 34.3 Å². The number of carbonyl (C=O) groups excluding carboxylic acids is 1. The summed E-state index contributed by atoms with van der Waals surface area (Å²) in [5.74, 6) is 0.825. The molecule has 0 unspecified atom stereocenters. The number of nitrogens with zero attached hydrogens (tertiary/aromatic N) is 1. The van der Waals surface area contributed by atoms with Crippen LogP contribution in [0.4, 0.5) is 0 Å². The van der Waals surface area contributed by atoms with Gasteiger partial charge in [0.1, 0.15) is 0 Å². The first-order valence-corrected chi connectivity index (χ1v) is 10.7. The molecule has 1 fully saturated rings. The average Bonchev–Trinajstić information content (AvgIpc) is 3.39. The molecule has 0 spiro atoms. The van der Waals surface area contributed by atoms with Crippen molar-refractivity contribution < 1.29 is 19.4 Å². The van der Waals surface area contributed by atoms with Crippen LogP contribution in [-0.4, -0.2) is 29.3 Å². The van der Waals surface area contributed by atoms with E-state index in [0.29, 0.717) is 24.6 Å². The van der Waals surface area contributed by atoms with Crippen LogP contribution < -0.4 is 9.47 Å². The quantitative estimate of drug-likeness (QED) is 0.708. The van der Waals surface area contributed by atoms with Crippen LogP contribution in [0.3, 0.4) is 0 Å². The molecule has 6 rings (SSSR count). The highest BCUT2D eigenvalue weighted by Crippen LogP contribution is 2.54. The maximum absolute atomic E-state index is 13.7. The molecule has 1 amide bonds. The minimum absolute atomic E-state index is 0.102. The molecule has 2 aliphatic heterocycles. The third-order valence-electron chi connectivity index (χ3n) is 6.86. The van der Waals surface area contributed by atoms with Gasteiger partial charge in [-0.25, -0.2) is 0 Å². The fourth-order valence-corrected chi connectivity index (χ4v) is 5.45. The van der Waals surface area contributed by atoms with Gasteiger partial charge in [0.25, 0.3) is 0 Å². The Bertz CT molecular complexity index is 1130. The van der Waals surface area contributed by atoms with Gasteiger partial charge in [-0.05, 0) is 34.4 Å². The molecule has 5 nitrogen and oxygen atoms in total. The maximum atomic E-state index is 13.7. The van der Waals surface area contributed by atoms with Crippen LogP contribution in [0, 0.1) is 11.8 Å². The first-order valence-electron chi connectivity index (χ1n) is 10.7. The summed E-state index contributed by atoms with van der Waals surface area (Å²) in [6.45, 7) is 1.28. The van der Waals surface area contributed by atoms with Crippen molar-refractivity contribution in [2.45, 2.75) is 18.6 Å². The number of benzene rings is 3. The normalized spacial score (nSPS) is 26.0. The molecule has 156 valence electrons. The van der Waals surface area contributed by atoms with Crippen molar-refractivity contribution in [2.75, 3.05) is 13.3 Å².